The van der Waals surface area contributed by atoms with Gasteiger partial charge in [0.25, 0.3) is 0 Å². The van der Waals surface area contributed by atoms with Gasteiger partial charge in [0.1, 0.15) is 0 Å². The van der Waals surface area contributed by atoms with Crippen LogP contribution in [0.3, 0.4) is 0 Å². The van der Waals surface area contributed by atoms with Crippen molar-refractivity contribution >= 4 is 23.4 Å². The topological polar surface area (TPSA) is 40.5 Å². The first-order chi connectivity index (χ1) is 17.7. The van der Waals surface area contributed by atoms with Crippen LogP contribution < -0.4 is 4.90 Å². The van der Waals surface area contributed by atoms with Gasteiger partial charge < -0.3 is 10.0 Å². The minimum absolute atomic E-state index is 0.0595. The highest BCUT2D eigenvalue weighted by atomic mass is 32.2. The molecule has 0 aliphatic carbocycles. The molecule has 0 saturated carbocycles. The van der Waals surface area contributed by atoms with Crippen molar-refractivity contribution < 1.29 is 9.90 Å². The van der Waals surface area contributed by atoms with E-state index in [4.69, 9.17) is 5.11 Å². The molecule has 0 bridgehead atoms. The highest BCUT2D eigenvalue weighted by Gasteiger charge is 2.08. The lowest BCUT2D eigenvalue weighted by Crippen LogP contribution is -2.26. The number of hydrogen-bond donors (Lipinski definition) is 1. The molecule has 3 nitrogen and oxygen atoms in total. The number of carboxylic acids is 1. The number of carboxylic acid groups (broad SMARTS) is 1. The van der Waals surface area contributed by atoms with Gasteiger partial charge in [0.2, 0.25) is 0 Å². The zero-order chi connectivity index (χ0) is 25.0. The highest BCUT2D eigenvalue weighted by molar-refractivity contribution is 7.99. The summed E-state index contributed by atoms with van der Waals surface area (Å²) >= 11 is 1.70. The summed E-state index contributed by atoms with van der Waals surface area (Å²) in [6, 6.07) is 38.0. The van der Waals surface area contributed by atoms with Gasteiger partial charge in [-0.25, -0.2) is 0 Å². The largest absolute Gasteiger partial charge is 0.481 e. The van der Waals surface area contributed by atoms with Gasteiger partial charge in [-0.2, -0.15) is 0 Å². The van der Waals surface area contributed by atoms with Gasteiger partial charge in [0, 0.05) is 28.6 Å². The molecule has 4 rings (SSSR count). The highest BCUT2D eigenvalue weighted by Crippen LogP contribution is 2.30. The van der Waals surface area contributed by atoms with E-state index < -0.39 is 5.97 Å². The van der Waals surface area contributed by atoms with Crippen LogP contribution in [-0.2, 0) is 24.1 Å². The summed E-state index contributed by atoms with van der Waals surface area (Å²) in [6.45, 7) is 2.06. The molecule has 1 N–H and O–H groups in total. The van der Waals surface area contributed by atoms with Crippen molar-refractivity contribution in [3.05, 3.63) is 126 Å². The molecule has 0 fully saturated rings. The van der Waals surface area contributed by atoms with Crippen LogP contribution in [0, 0.1) is 0 Å². The van der Waals surface area contributed by atoms with Crippen LogP contribution in [0.2, 0.25) is 0 Å². The predicted molar refractivity (Wildman–Crippen MR) is 150 cm³/mol. The fourth-order valence-electron chi connectivity index (χ4n) is 4.32. The monoisotopic (exact) mass is 495 g/mol. The van der Waals surface area contributed by atoms with Crippen molar-refractivity contribution in [1.29, 1.82) is 0 Å². The SMILES string of the molecule is O=C(O)Cc1ccc(Sc2ccc(N(CCCc3ccccc3)CCCc3ccccc3)cc2)cc1. The van der Waals surface area contributed by atoms with Crippen LogP contribution in [0.15, 0.2) is 119 Å². The van der Waals surface area contributed by atoms with Crippen LogP contribution in [0.4, 0.5) is 5.69 Å². The zero-order valence-corrected chi connectivity index (χ0v) is 21.4. The molecule has 4 aromatic rings. The quantitative estimate of drug-likeness (QED) is 0.208. The second kappa shape index (κ2) is 13.6. The van der Waals surface area contributed by atoms with Gasteiger partial charge in [0.15, 0.2) is 0 Å². The number of rotatable bonds is 13. The molecule has 4 heteroatoms. The Bertz CT molecular complexity index is 1150. The fraction of sp³-hybridized carbons (Fsp3) is 0.219. The summed E-state index contributed by atoms with van der Waals surface area (Å²) in [5.74, 6) is -0.803. The average Bonchev–Trinajstić information content (AvgIpc) is 2.90. The van der Waals surface area contributed by atoms with Crippen molar-refractivity contribution in [1.82, 2.24) is 0 Å². The molecule has 0 heterocycles. The lowest BCUT2D eigenvalue weighted by atomic mass is 10.1. The average molecular weight is 496 g/mol. The molecule has 0 spiro atoms. The molecular weight excluding hydrogens is 462 g/mol. The van der Waals surface area contributed by atoms with E-state index in [-0.39, 0.29) is 6.42 Å². The molecule has 0 unspecified atom stereocenters. The molecule has 0 atom stereocenters. The Labute approximate surface area is 218 Å². The maximum absolute atomic E-state index is 10.9. The molecule has 4 aromatic carbocycles. The fourth-order valence-corrected chi connectivity index (χ4v) is 5.13. The summed E-state index contributed by atoms with van der Waals surface area (Å²) < 4.78 is 0. The van der Waals surface area contributed by atoms with Crippen molar-refractivity contribution in [2.45, 2.75) is 41.9 Å². The van der Waals surface area contributed by atoms with E-state index in [9.17, 15) is 4.79 Å². The van der Waals surface area contributed by atoms with Crippen molar-refractivity contribution in [3.63, 3.8) is 0 Å². The first-order valence-electron chi connectivity index (χ1n) is 12.6. The predicted octanol–water partition coefficient (Wildman–Crippen LogP) is 7.54. The Hall–Kier alpha value is -3.50. The lowest BCUT2D eigenvalue weighted by molar-refractivity contribution is -0.136. The first-order valence-corrected chi connectivity index (χ1v) is 13.4. The van der Waals surface area contributed by atoms with Crippen LogP contribution in [-0.4, -0.2) is 24.2 Å². The number of hydrogen-bond acceptors (Lipinski definition) is 3. The smallest absolute Gasteiger partial charge is 0.307 e. The van der Waals surface area contributed by atoms with Crippen molar-refractivity contribution in [3.8, 4) is 0 Å². The number of aryl methyl sites for hydroxylation is 2. The maximum Gasteiger partial charge on any atom is 0.307 e. The second-order valence-electron chi connectivity index (χ2n) is 8.98. The number of aliphatic carboxylic acids is 1. The van der Waals surface area contributed by atoms with E-state index in [1.165, 1.54) is 21.7 Å². The normalized spacial score (nSPS) is 10.8. The minimum atomic E-state index is -0.803. The van der Waals surface area contributed by atoms with Gasteiger partial charge >= 0.3 is 5.97 Å². The summed E-state index contributed by atoms with van der Waals surface area (Å²) in [5, 5.41) is 8.96. The summed E-state index contributed by atoms with van der Waals surface area (Å²) in [6.07, 6.45) is 4.47. The number of benzene rings is 4. The molecule has 184 valence electrons. The first kappa shape index (κ1) is 25.6. The lowest BCUT2D eigenvalue weighted by Gasteiger charge is -2.25. The molecule has 0 saturated heterocycles. The van der Waals surface area contributed by atoms with Crippen LogP contribution in [0.5, 0.6) is 0 Å². The van der Waals surface area contributed by atoms with Crippen LogP contribution in [0.25, 0.3) is 0 Å². The van der Waals surface area contributed by atoms with Gasteiger partial charge in [0.05, 0.1) is 6.42 Å². The number of anilines is 1. The van der Waals surface area contributed by atoms with Crippen LogP contribution >= 0.6 is 11.8 Å². The Kier molecular flexibility index (Phi) is 9.63. The van der Waals surface area contributed by atoms with E-state index in [0.29, 0.717) is 0 Å². The third kappa shape index (κ3) is 8.31. The van der Waals surface area contributed by atoms with Gasteiger partial charge in [-0.3, -0.25) is 4.79 Å². The van der Waals surface area contributed by atoms with E-state index in [1.807, 2.05) is 24.3 Å². The Morgan fingerprint density at radius 1 is 0.611 bits per heavy atom. The summed E-state index contributed by atoms with van der Waals surface area (Å²) in [5.41, 5.74) is 4.87. The van der Waals surface area contributed by atoms with Crippen molar-refractivity contribution in [2.24, 2.45) is 0 Å². The second-order valence-corrected chi connectivity index (χ2v) is 10.1. The molecule has 0 aliphatic rings. The summed E-state index contributed by atoms with van der Waals surface area (Å²) in [7, 11) is 0. The Balaban J connectivity index is 1.37. The minimum Gasteiger partial charge on any atom is -0.481 e. The van der Waals surface area contributed by atoms with Gasteiger partial charge in [-0.1, -0.05) is 84.6 Å². The van der Waals surface area contributed by atoms with E-state index >= 15 is 0 Å². The Morgan fingerprint density at radius 2 is 1.08 bits per heavy atom. The number of nitrogens with zero attached hydrogens (tertiary/aromatic N) is 1. The van der Waals surface area contributed by atoms with E-state index in [0.717, 1.165) is 49.2 Å². The maximum atomic E-state index is 10.9. The van der Waals surface area contributed by atoms with Gasteiger partial charge in [-0.15, -0.1) is 0 Å². The molecular formula is C32H33NO2S. The molecule has 0 amide bonds. The third-order valence-electron chi connectivity index (χ3n) is 6.19. The van der Waals surface area contributed by atoms with Gasteiger partial charge in [-0.05, 0) is 78.8 Å². The standard InChI is InChI=1S/C32H33NO2S/c34-32(35)25-28-15-19-30(20-16-28)36-31-21-17-29(18-22-31)33(23-7-13-26-9-3-1-4-10-26)24-8-14-27-11-5-2-6-12-27/h1-6,9-12,15-22H,7-8,13-14,23-25H2,(H,34,35). The molecule has 36 heavy (non-hydrogen) atoms. The van der Waals surface area contributed by atoms with E-state index in [1.54, 1.807) is 11.8 Å². The molecule has 0 aliphatic heterocycles. The Morgan fingerprint density at radius 3 is 1.56 bits per heavy atom. The van der Waals surface area contributed by atoms with Crippen molar-refractivity contribution in [2.75, 3.05) is 18.0 Å². The molecule has 0 aromatic heterocycles. The summed E-state index contributed by atoms with van der Waals surface area (Å²) in [4.78, 5) is 15.7. The van der Waals surface area contributed by atoms with Crippen LogP contribution in [0.1, 0.15) is 29.5 Å². The zero-order valence-electron chi connectivity index (χ0n) is 20.6. The number of carbonyl (C=O) groups is 1. The third-order valence-corrected chi connectivity index (χ3v) is 7.20. The molecule has 0 radical (unpaired) electrons. The van der Waals surface area contributed by atoms with E-state index in [2.05, 4.69) is 89.8 Å².